The lowest BCUT2D eigenvalue weighted by atomic mass is 10.0. The van der Waals surface area contributed by atoms with Gasteiger partial charge >= 0.3 is 0 Å². The van der Waals surface area contributed by atoms with Crippen LogP contribution >= 0.6 is 0 Å². The summed E-state index contributed by atoms with van der Waals surface area (Å²) < 4.78 is 5.32. The second-order valence-corrected chi connectivity index (χ2v) is 4.12. The van der Waals surface area contributed by atoms with E-state index in [0.29, 0.717) is 0 Å². The predicted octanol–water partition coefficient (Wildman–Crippen LogP) is 3.15. The van der Waals surface area contributed by atoms with E-state index >= 15 is 0 Å². The molecule has 2 aromatic heterocycles. The van der Waals surface area contributed by atoms with Crippen molar-refractivity contribution in [1.29, 1.82) is 0 Å². The first-order chi connectivity index (χ1) is 9.38. The topological polar surface area (TPSA) is 50.8 Å². The van der Waals surface area contributed by atoms with Gasteiger partial charge in [0.2, 0.25) is 0 Å². The molecule has 3 rings (SSSR count). The lowest BCUT2D eigenvalue weighted by Gasteiger charge is -2.08. The second kappa shape index (κ2) is 4.94. The highest BCUT2D eigenvalue weighted by Gasteiger charge is 2.06. The monoisotopic (exact) mass is 251 g/mol. The Morgan fingerprint density at radius 3 is 2.42 bits per heavy atom. The number of benzene rings is 1. The predicted molar refractivity (Wildman–Crippen MR) is 73.8 cm³/mol. The van der Waals surface area contributed by atoms with Gasteiger partial charge in [-0.2, -0.15) is 5.10 Å². The van der Waals surface area contributed by atoms with Crippen LogP contribution in [0.2, 0.25) is 0 Å². The summed E-state index contributed by atoms with van der Waals surface area (Å²) in [6.45, 7) is 0. The van der Waals surface area contributed by atoms with Crippen LogP contribution in [-0.4, -0.2) is 22.3 Å². The van der Waals surface area contributed by atoms with Gasteiger partial charge in [0.05, 0.1) is 19.0 Å². The molecule has 1 N–H and O–H groups in total. The molecule has 0 aliphatic heterocycles. The number of ether oxygens (including phenoxy) is 1. The fourth-order valence-electron chi connectivity index (χ4n) is 2.03. The molecule has 0 saturated carbocycles. The highest BCUT2D eigenvalue weighted by molar-refractivity contribution is 5.72. The smallest absolute Gasteiger partial charge is 0.144 e. The van der Waals surface area contributed by atoms with Crippen LogP contribution in [-0.2, 0) is 0 Å². The average Bonchev–Trinajstić information content (AvgIpc) is 3.02. The SMILES string of the molecule is COc1cnccc1-c1ccc(-c2ccn[nH]2)cc1. The molecule has 0 aliphatic rings. The molecule has 4 nitrogen and oxygen atoms in total. The zero-order valence-corrected chi connectivity index (χ0v) is 10.5. The number of hydrogen-bond acceptors (Lipinski definition) is 3. The zero-order chi connectivity index (χ0) is 13.1. The van der Waals surface area contributed by atoms with Crippen LogP contribution in [0.1, 0.15) is 0 Å². The maximum atomic E-state index is 5.32. The first kappa shape index (κ1) is 11.5. The van der Waals surface area contributed by atoms with Gasteiger partial charge in [-0.25, -0.2) is 0 Å². The Morgan fingerprint density at radius 1 is 0.947 bits per heavy atom. The summed E-state index contributed by atoms with van der Waals surface area (Å²) >= 11 is 0. The van der Waals surface area contributed by atoms with E-state index < -0.39 is 0 Å². The minimum Gasteiger partial charge on any atom is -0.494 e. The summed E-state index contributed by atoms with van der Waals surface area (Å²) in [6.07, 6.45) is 5.23. The van der Waals surface area contributed by atoms with E-state index in [9.17, 15) is 0 Å². The Kier molecular flexibility index (Phi) is 2.98. The molecule has 1 aromatic carbocycles. The van der Waals surface area contributed by atoms with Gasteiger partial charge in [-0.15, -0.1) is 0 Å². The highest BCUT2D eigenvalue weighted by Crippen LogP contribution is 2.30. The maximum absolute atomic E-state index is 5.32. The number of nitrogens with zero attached hydrogens (tertiary/aromatic N) is 2. The summed E-state index contributed by atoms with van der Waals surface area (Å²) in [5.74, 6) is 0.775. The van der Waals surface area contributed by atoms with Crippen LogP contribution < -0.4 is 4.74 Å². The molecule has 0 saturated heterocycles. The molecule has 0 spiro atoms. The van der Waals surface area contributed by atoms with Crippen molar-refractivity contribution in [3.8, 4) is 28.1 Å². The normalized spacial score (nSPS) is 10.4. The van der Waals surface area contributed by atoms with Crippen LogP contribution in [0.5, 0.6) is 5.75 Å². The first-order valence-corrected chi connectivity index (χ1v) is 5.96. The molecule has 3 aromatic rings. The summed E-state index contributed by atoms with van der Waals surface area (Å²) in [7, 11) is 1.65. The molecule has 2 heterocycles. The van der Waals surface area contributed by atoms with Crippen molar-refractivity contribution < 1.29 is 4.74 Å². The van der Waals surface area contributed by atoms with Crippen molar-refractivity contribution in [2.75, 3.05) is 7.11 Å². The van der Waals surface area contributed by atoms with Crippen molar-refractivity contribution in [1.82, 2.24) is 15.2 Å². The van der Waals surface area contributed by atoms with E-state index in [0.717, 1.165) is 28.1 Å². The fraction of sp³-hybridized carbons (Fsp3) is 0.0667. The van der Waals surface area contributed by atoms with Gasteiger partial charge in [0.1, 0.15) is 5.75 Å². The van der Waals surface area contributed by atoms with Crippen molar-refractivity contribution in [2.24, 2.45) is 0 Å². The van der Waals surface area contributed by atoms with E-state index in [1.54, 1.807) is 25.7 Å². The third kappa shape index (κ3) is 2.20. The number of H-pyrrole nitrogens is 1. The van der Waals surface area contributed by atoms with Crippen LogP contribution in [0, 0.1) is 0 Å². The Balaban J connectivity index is 1.99. The van der Waals surface area contributed by atoms with Gasteiger partial charge in [0, 0.05) is 18.0 Å². The van der Waals surface area contributed by atoms with E-state index in [1.165, 1.54) is 0 Å². The minimum atomic E-state index is 0.775. The van der Waals surface area contributed by atoms with E-state index in [4.69, 9.17) is 4.74 Å². The minimum absolute atomic E-state index is 0.775. The van der Waals surface area contributed by atoms with Gasteiger partial charge in [-0.3, -0.25) is 10.1 Å². The highest BCUT2D eigenvalue weighted by atomic mass is 16.5. The van der Waals surface area contributed by atoms with Crippen LogP contribution in [0.15, 0.2) is 55.0 Å². The first-order valence-electron chi connectivity index (χ1n) is 5.96. The molecular weight excluding hydrogens is 238 g/mol. The van der Waals surface area contributed by atoms with Gasteiger partial charge in [0.25, 0.3) is 0 Å². The summed E-state index contributed by atoms with van der Waals surface area (Å²) in [5.41, 5.74) is 4.25. The molecule has 0 amide bonds. The molecule has 4 heteroatoms. The lowest BCUT2D eigenvalue weighted by molar-refractivity contribution is 0.414. The molecule has 94 valence electrons. The number of hydrogen-bond donors (Lipinski definition) is 1. The summed E-state index contributed by atoms with van der Waals surface area (Å²) in [6, 6.07) is 12.1. The number of pyridine rings is 1. The number of rotatable bonds is 3. The third-order valence-electron chi connectivity index (χ3n) is 3.01. The molecule has 0 atom stereocenters. The maximum Gasteiger partial charge on any atom is 0.144 e. The number of aromatic nitrogens is 3. The Labute approximate surface area is 111 Å². The third-order valence-corrected chi connectivity index (χ3v) is 3.01. The van der Waals surface area contributed by atoms with Gasteiger partial charge < -0.3 is 4.74 Å². The van der Waals surface area contributed by atoms with E-state index in [-0.39, 0.29) is 0 Å². The van der Waals surface area contributed by atoms with Crippen LogP contribution in [0.4, 0.5) is 0 Å². The molecule has 0 radical (unpaired) electrons. The molecule has 0 fully saturated rings. The van der Waals surface area contributed by atoms with Gasteiger partial charge in [-0.05, 0) is 23.3 Å². The molecule has 0 bridgehead atoms. The summed E-state index contributed by atoms with van der Waals surface area (Å²) in [4.78, 5) is 4.06. The van der Waals surface area contributed by atoms with Crippen LogP contribution in [0.3, 0.4) is 0 Å². The number of nitrogens with one attached hydrogen (secondary N) is 1. The van der Waals surface area contributed by atoms with Crippen LogP contribution in [0.25, 0.3) is 22.4 Å². The van der Waals surface area contributed by atoms with E-state index in [1.807, 2.05) is 12.1 Å². The summed E-state index contributed by atoms with van der Waals surface area (Å²) in [5, 5.41) is 6.90. The Hall–Kier alpha value is -2.62. The largest absolute Gasteiger partial charge is 0.494 e. The number of aromatic amines is 1. The average molecular weight is 251 g/mol. The van der Waals surface area contributed by atoms with Crippen molar-refractivity contribution in [3.05, 3.63) is 55.0 Å². The van der Waals surface area contributed by atoms with Crippen molar-refractivity contribution in [2.45, 2.75) is 0 Å². The van der Waals surface area contributed by atoms with E-state index in [2.05, 4.69) is 39.4 Å². The molecule has 0 unspecified atom stereocenters. The van der Waals surface area contributed by atoms with Gasteiger partial charge in [0.15, 0.2) is 0 Å². The second-order valence-electron chi connectivity index (χ2n) is 4.12. The van der Waals surface area contributed by atoms with Gasteiger partial charge in [-0.1, -0.05) is 24.3 Å². The fourth-order valence-corrected chi connectivity index (χ4v) is 2.03. The quantitative estimate of drug-likeness (QED) is 0.778. The van der Waals surface area contributed by atoms with Crippen molar-refractivity contribution >= 4 is 0 Å². The zero-order valence-electron chi connectivity index (χ0n) is 10.5. The molecule has 0 aliphatic carbocycles. The standard InChI is InChI=1S/C15H13N3O/c1-19-15-10-16-8-6-13(15)11-2-4-12(5-3-11)14-7-9-17-18-14/h2-10H,1H3,(H,17,18). The Morgan fingerprint density at radius 2 is 1.74 bits per heavy atom. The Bertz CT molecular complexity index is 660. The van der Waals surface area contributed by atoms with Crippen molar-refractivity contribution in [3.63, 3.8) is 0 Å². The lowest BCUT2D eigenvalue weighted by Crippen LogP contribution is -1.89. The molecule has 19 heavy (non-hydrogen) atoms. The molecular formula is C15H13N3O. The number of methoxy groups -OCH3 is 1.